The predicted octanol–water partition coefficient (Wildman–Crippen LogP) is 1.93. The van der Waals surface area contributed by atoms with Crippen LogP contribution < -0.4 is 5.73 Å². The van der Waals surface area contributed by atoms with Crippen LogP contribution in [0.2, 0.25) is 0 Å². The molecule has 2 aromatic rings. The summed E-state index contributed by atoms with van der Waals surface area (Å²) in [6.07, 6.45) is 1.43. The average molecular weight is 423 g/mol. The molecule has 4 rings (SSSR count). The molecule has 0 radical (unpaired) electrons. The van der Waals surface area contributed by atoms with Crippen molar-refractivity contribution in [3.05, 3.63) is 59.4 Å². The molecule has 9 heteroatoms. The number of oxazole rings is 1. The predicted molar refractivity (Wildman–Crippen MR) is 109 cm³/mol. The smallest absolute Gasteiger partial charge is 0.337 e. The average Bonchev–Trinajstić information content (AvgIpc) is 3.32. The van der Waals surface area contributed by atoms with Crippen molar-refractivity contribution in [1.29, 1.82) is 0 Å². The van der Waals surface area contributed by atoms with Crippen molar-refractivity contribution in [1.82, 2.24) is 9.88 Å². The number of ether oxygens (including phenoxy) is 2. The largest absolute Gasteiger partial charge is 0.465 e. The second kappa shape index (κ2) is 7.42. The maximum absolute atomic E-state index is 13.9. The fourth-order valence-corrected chi connectivity index (χ4v) is 4.28. The summed E-state index contributed by atoms with van der Waals surface area (Å²) in [6.45, 7) is 6.57. The molecule has 1 aromatic carbocycles. The van der Waals surface area contributed by atoms with Crippen LogP contribution >= 0.6 is 0 Å². The lowest BCUT2D eigenvalue weighted by atomic mass is 9.74. The van der Waals surface area contributed by atoms with Gasteiger partial charge in [-0.05, 0) is 19.4 Å². The highest BCUT2D eigenvalue weighted by atomic mass is 16.5. The van der Waals surface area contributed by atoms with Crippen LogP contribution in [0.1, 0.15) is 25.1 Å². The number of nitrogens with zero attached hydrogens (tertiary/aromatic N) is 2. The van der Waals surface area contributed by atoms with E-state index >= 15 is 0 Å². The summed E-state index contributed by atoms with van der Waals surface area (Å²) in [5, 5.41) is 0. The van der Waals surface area contributed by atoms with Crippen molar-refractivity contribution in [2.75, 3.05) is 25.5 Å². The highest BCUT2D eigenvalue weighted by Gasteiger charge is 2.63. The van der Waals surface area contributed by atoms with Crippen LogP contribution in [-0.2, 0) is 29.3 Å². The molecule has 1 aliphatic heterocycles. The number of nitrogen functional groups attached to an aromatic ring is 1. The van der Waals surface area contributed by atoms with Crippen LogP contribution in [-0.4, -0.2) is 47.5 Å². The van der Waals surface area contributed by atoms with Gasteiger partial charge in [0.05, 0.1) is 12.2 Å². The molecule has 0 fully saturated rings. The van der Waals surface area contributed by atoms with Crippen molar-refractivity contribution in [2.24, 2.45) is 0 Å². The van der Waals surface area contributed by atoms with Crippen LogP contribution in [0, 0.1) is 0 Å². The van der Waals surface area contributed by atoms with E-state index in [2.05, 4.69) is 11.6 Å². The minimum absolute atomic E-state index is 0.0484. The SMILES string of the molecule is C=CCOC(=O)C1=C(C)N(CC(=O)OCC)C(=O)[C@]12c1ccccc1-c1oc(N)nc12. The number of amides is 1. The number of hydrogen-bond donors (Lipinski definition) is 1. The van der Waals surface area contributed by atoms with Crippen LogP contribution in [0.25, 0.3) is 11.3 Å². The van der Waals surface area contributed by atoms with Crippen LogP contribution in [0.3, 0.4) is 0 Å². The third kappa shape index (κ3) is 2.77. The molecule has 2 N–H and O–H groups in total. The number of aromatic nitrogens is 1. The summed E-state index contributed by atoms with van der Waals surface area (Å²) in [7, 11) is 0. The highest BCUT2D eigenvalue weighted by molar-refractivity contribution is 6.14. The topological polar surface area (TPSA) is 125 Å². The van der Waals surface area contributed by atoms with Crippen LogP contribution in [0.15, 0.2) is 52.6 Å². The van der Waals surface area contributed by atoms with E-state index < -0.39 is 23.3 Å². The van der Waals surface area contributed by atoms with Gasteiger partial charge in [-0.1, -0.05) is 36.9 Å². The zero-order chi connectivity index (χ0) is 22.3. The van der Waals surface area contributed by atoms with Crippen molar-refractivity contribution in [3.63, 3.8) is 0 Å². The highest BCUT2D eigenvalue weighted by Crippen LogP contribution is 2.57. The lowest BCUT2D eigenvalue weighted by molar-refractivity contribution is -0.147. The van der Waals surface area contributed by atoms with E-state index in [1.165, 1.54) is 11.0 Å². The maximum atomic E-state index is 13.9. The first-order valence-electron chi connectivity index (χ1n) is 9.71. The molecule has 31 heavy (non-hydrogen) atoms. The van der Waals surface area contributed by atoms with Gasteiger partial charge < -0.3 is 24.5 Å². The summed E-state index contributed by atoms with van der Waals surface area (Å²) >= 11 is 0. The lowest BCUT2D eigenvalue weighted by Crippen LogP contribution is -2.44. The van der Waals surface area contributed by atoms with E-state index in [1.54, 1.807) is 38.1 Å². The van der Waals surface area contributed by atoms with E-state index in [-0.39, 0.29) is 42.7 Å². The quantitative estimate of drug-likeness (QED) is 0.552. The molecule has 2 aliphatic rings. The number of benzene rings is 1. The zero-order valence-electron chi connectivity index (χ0n) is 17.1. The number of carbonyl (C=O) groups is 3. The summed E-state index contributed by atoms with van der Waals surface area (Å²) in [5.41, 5.74) is 5.81. The summed E-state index contributed by atoms with van der Waals surface area (Å²) in [5.74, 6) is -1.54. The number of hydrogen-bond acceptors (Lipinski definition) is 8. The van der Waals surface area contributed by atoms with Gasteiger partial charge in [0, 0.05) is 11.3 Å². The third-order valence-electron chi connectivity index (χ3n) is 5.41. The molecular formula is C22H21N3O6. The van der Waals surface area contributed by atoms with Gasteiger partial charge in [0.25, 0.3) is 6.01 Å². The van der Waals surface area contributed by atoms with Crippen LogP contribution in [0.4, 0.5) is 6.01 Å². The molecular weight excluding hydrogens is 402 g/mol. The summed E-state index contributed by atoms with van der Waals surface area (Å²) in [6, 6.07) is 6.88. The Bertz CT molecular complexity index is 1150. The molecule has 1 aliphatic carbocycles. The molecule has 1 spiro atoms. The Morgan fingerprint density at radius 2 is 2.06 bits per heavy atom. The third-order valence-corrected chi connectivity index (χ3v) is 5.41. The molecule has 1 amide bonds. The van der Waals surface area contributed by atoms with Gasteiger partial charge in [-0.3, -0.25) is 9.59 Å². The second-order valence-corrected chi connectivity index (χ2v) is 7.07. The van der Waals surface area contributed by atoms with Gasteiger partial charge in [-0.2, -0.15) is 4.98 Å². The number of anilines is 1. The first kappa shape index (κ1) is 20.4. The number of nitrogens with two attached hydrogens (primary N) is 1. The van der Waals surface area contributed by atoms with Crippen molar-refractivity contribution < 1.29 is 28.3 Å². The molecule has 9 nitrogen and oxygen atoms in total. The number of esters is 2. The first-order valence-corrected chi connectivity index (χ1v) is 9.71. The Morgan fingerprint density at radius 1 is 1.32 bits per heavy atom. The van der Waals surface area contributed by atoms with Gasteiger partial charge in [0.2, 0.25) is 5.91 Å². The fourth-order valence-electron chi connectivity index (χ4n) is 4.28. The van der Waals surface area contributed by atoms with Gasteiger partial charge in [0.1, 0.15) is 18.8 Å². The zero-order valence-corrected chi connectivity index (χ0v) is 17.1. The molecule has 0 unspecified atom stereocenters. The minimum atomic E-state index is -1.64. The summed E-state index contributed by atoms with van der Waals surface area (Å²) < 4.78 is 15.9. The lowest BCUT2D eigenvalue weighted by Gasteiger charge is -2.26. The van der Waals surface area contributed by atoms with Gasteiger partial charge in [-0.25, -0.2) is 4.79 Å². The summed E-state index contributed by atoms with van der Waals surface area (Å²) in [4.78, 5) is 44.8. The van der Waals surface area contributed by atoms with Crippen LogP contribution in [0.5, 0.6) is 0 Å². The Labute approximate surface area is 178 Å². The Hall–Kier alpha value is -3.88. The maximum Gasteiger partial charge on any atom is 0.337 e. The molecule has 2 heterocycles. The molecule has 0 saturated carbocycles. The van der Waals surface area contributed by atoms with Gasteiger partial charge in [-0.15, -0.1) is 0 Å². The molecule has 0 bridgehead atoms. The second-order valence-electron chi connectivity index (χ2n) is 7.07. The van der Waals surface area contributed by atoms with Gasteiger partial charge in [0.15, 0.2) is 11.2 Å². The number of carbonyl (C=O) groups excluding carboxylic acids is 3. The first-order chi connectivity index (χ1) is 14.9. The molecule has 1 atom stereocenters. The van der Waals surface area contributed by atoms with E-state index in [1.807, 2.05) is 0 Å². The van der Waals surface area contributed by atoms with Crippen molar-refractivity contribution in [3.8, 4) is 11.3 Å². The normalized spacial score (nSPS) is 18.9. The van der Waals surface area contributed by atoms with E-state index in [9.17, 15) is 14.4 Å². The Balaban J connectivity index is 1.97. The number of fused-ring (bicyclic) bond motifs is 5. The van der Waals surface area contributed by atoms with Crippen molar-refractivity contribution in [2.45, 2.75) is 19.3 Å². The minimum Gasteiger partial charge on any atom is -0.465 e. The van der Waals surface area contributed by atoms with E-state index in [4.69, 9.17) is 19.6 Å². The standard InChI is InChI=1S/C22H21N3O6/c1-4-10-30-19(27)16-12(3)25(11-15(26)29-5-2)20(28)22(16)14-9-7-6-8-13(14)17-18(22)24-21(23)31-17/h4,6-9H,1,5,10-11H2,2-3H3,(H2,23,24)/t22-/m1/s1. The van der Waals surface area contributed by atoms with E-state index in [0.29, 0.717) is 16.9 Å². The number of allylic oxidation sites excluding steroid dienone is 1. The Morgan fingerprint density at radius 3 is 2.77 bits per heavy atom. The fraction of sp³-hybridized carbons (Fsp3) is 0.273. The monoisotopic (exact) mass is 423 g/mol. The van der Waals surface area contributed by atoms with Gasteiger partial charge >= 0.3 is 11.9 Å². The Kier molecular flexibility index (Phi) is 4.88. The number of rotatable bonds is 6. The molecule has 160 valence electrons. The molecule has 1 aromatic heterocycles. The van der Waals surface area contributed by atoms with E-state index in [0.717, 1.165) is 0 Å². The van der Waals surface area contributed by atoms with Crippen molar-refractivity contribution >= 4 is 23.9 Å². The molecule has 0 saturated heterocycles.